The van der Waals surface area contributed by atoms with Crippen LogP contribution in [0.5, 0.6) is 5.88 Å². The second-order valence-corrected chi connectivity index (χ2v) is 5.90. The summed E-state index contributed by atoms with van der Waals surface area (Å²) in [6.07, 6.45) is 1.61. The molecule has 0 saturated carbocycles. The van der Waals surface area contributed by atoms with Crippen LogP contribution < -0.4 is 15.7 Å². The number of hydrogen-bond donors (Lipinski definition) is 1. The zero-order valence-electron chi connectivity index (χ0n) is 14.2. The number of rotatable bonds is 4. The van der Waals surface area contributed by atoms with E-state index < -0.39 is 11.5 Å². The minimum Gasteiger partial charge on any atom is -0.481 e. The van der Waals surface area contributed by atoms with Gasteiger partial charge in [-0.25, -0.2) is 4.79 Å². The van der Waals surface area contributed by atoms with Crippen LogP contribution in [0.25, 0.3) is 0 Å². The van der Waals surface area contributed by atoms with Gasteiger partial charge >= 0.3 is 5.63 Å². The Morgan fingerprint density at radius 1 is 1.32 bits per heavy atom. The second kappa shape index (κ2) is 7.48. The Kier molecular flexibility index (Phi) is 5.14. The molecule has 1 aliphatic rings. The fraction of sp³-hybridized carbons (Fsp3) is 0.389. The van der Waals surface area contributed by atoms with Crippen LogP contribution in [-0.2, 0) is 4.74 Å². The summed E-state index contributed by atoms with van der Waals surface area (Å²) < 4.78 is 15.8. The first-order valence-electron chi connectivity index (χ1n) is 8.13. The first kappa shape index (κ1) is 17.2. The lowest BCUT2D eigenvalue weighted by molar-refractivity contribution is 0.0796. The molecular formula is C18H20N2O5. The predicted octanol–water partition coefficient (Wildman–Crippen LogP) is 2.50. The Labute approximate surface area is 145 Å². The van der Waals surface area contributed by atoms with Gasteiger partial charge in [0.25, 0.3) is 5.91 Å². The lowest BCUT2D eigenvalue weighted by Crippen LogP contribution is -2.24. The number of nitrogens with zero attached hydrogens (tertiary/aromatic N) is 1. The zero-order chi connectivity index (χ0) is 17.8. The van der Waals surface area contributed by atoms with Crippen molar-refractivity contribution in [2.75, 3.05) is 25.6 Å². The number of methoxy groups -OCH3 is 1. The van der Waals surface area contributed by atoms with Crippen LogP contribution in [0.2, 0.25) is 0 Å². The maximum absolute atomic E-state index is 12.5. The summed E-state index contributed by atoms with van der Waals surface area (Å²) in [5, 5.41) is 2.60. The smallest absolute Gasteiger partial charge is 0.349 e. The topological polar surface area (TPSA) is 90.7 Å². The van der Waals surface area contributed by atoms with Gasteiger partial charge < -0.3 is 19.2 Å². The molecule has 132 valence electrons. The van der Waals surface area contributed by atoms with Crippen molar-refractivity contribution in [3.63, 3.8) is 0 Å². The molecule has 0 radical (unpaired) electrons. The molecule has 1 fully saturated rings. The van der Waals surface area contributed by atoms with Crippen molar-refractivity contribution in [3.05, 3.63) is 51.6 Å². The average Bonchev–Trinajstić information content (AvgIpc) is 2.62. The molecule has 1 amide bonds. The van der Waals surface area contributed by atoms with Crippen LogP contribution in [0.15, 0.2) is 33.5 Å². The Bertz CT molecular complexity index is 824. The van der Waals surface area contributed by atoms with Gasteiger partial charge in [-0.15, -0.1) is 0 Å². The van der Waals surface area contributed by atoms with Crippen LogP contribution in [0.4, 0.5) is 5.82 Å². The third kappa shape index (κ3) is 3.88. The fourth-order valence-corrected chi connectivity index (χ4v) is 2.87. The van der Waals surface area contributed by atoms with Crippen LogP contribution in [0.1, 0.15) is 40.4 Å². The highest BCUT2D eigenvalue weighted by atomic mass is 16.5. The molecule has 0 aromatic carbocycles. The van der Waals surface area contributed by atoms with Gasteiger partial charge in [0.2, 0.25) is 5.88 Å². The van der Waals surface area contributed by atoms with Crippen molar-refractivity contribution in [2.24, 2.45) is 0 Å². The van der Waals surface area contributed by atoms with Crippen LogP contribution in [-0.4, -0.2) is 31.2 Å². The van der Waals surface area contributed by atoms with E-state index in [1.54, 1.807) is 31.2 Å². The van der Waals surface area contributed by atoms with Gasteiger partial charge in [-0.3, -0.25) is 4.79 Å². The minimum absolute atomic E-state index is 0.0135. The molecule has 2 aromatic heterocycles. The number of ether oxygens (including phenoxy) is 2. The Morgan fingerprint density at radius 3 is 2.76 bits per heavy atom. The lowest BCUT2D eigenvalue weighted by atomic mass is 9.95. The molecule has 0 spiro atoms. The maximum atomic E-state index is 12.5. The van der Waals surface area contributed by atoms with Crippen molar-refractivity contribution in [1.82, 2.24) is 4.98 Å². The van der Waals surface area contributed by atoms with E-state index >= 15 is 0 Å². The van der Waals surface area contributed by atoms with E-state index in [2.05, 4.69) is 10.3 Å². The number of carbonyl (C=O) groups is 1. The number of carbonyl (C=O) groups excluding carboxylic acids is 1. The first-order chi connectivity index (χ1) is 12.1. The summed E-state index contributed by atoms with van der Waals surface area (Å²) in [6.45, 7) is 3.03. The summed E-state index contributed by atoms with van der Waals surface area (Å²) in [6, 6.07) is 6.75. The van der Waals surface area contributed by atoms with Crippen LogP contribution >= 0.6 is 0 Å². The number of aryl methyl sites for hydroxylation is 1. The molecule has 25 heavy (non-hydrogen) atoms. The third-order valence-electron chi connectivity index (χ3n) is 4.19. The van der Waals surface area contributed by atoms with Gasteiger partial charge in [-0.2, -0.15) is 4.98 Å². The molecule has 1 saturated heterocycles. The number of hydrogen-bond acceptors (Lipinski definition) is 6. The van der Waals surface area contributed by atoms with E-state index in [1.807, 2.05) is 0 Å². The quantitative estimate of drug-likeness (QED) is 0.916. The highest BCUT2D eigenvalue weighted by molar-refractivity contribution is 6.04. The summed E-state index contributed by atoms with van der Waals surface area (Å²) in [7, 11) is 1.49. The Balaban J connectivity index is 1.83. The molecule has 1 N–H and O–H groups in total. The highest BCUT2D eigenvalue weighted by Crippen LogP contribution is 2.27. The van der Waals surface area contributed by atoms with Gasteiger partial charge in [0.05, 0.1) is 7.11 Å². The van der Waals surface area contributed by atoms with Crippen molar-refractivity contribution in [3.8, 4) is 5.88 Å². The molecule has 0 bridgehead atoms. The Hall–Kier alpha value is -2.67. The molecule has 1 aliphatic heterocycles. The molecule has 0 aliphatic carbocycles. The SMILES string of the molecule is COc1cccc(NC(=O)c2c(C)cc(C3CCOCC3)oc2=O)n1. The lowest BCUT2D eigenvalue weighted by Gasteiger charge is -2.21. The third-order valence-corrected chi connectivity index (χ3v) is 4.19. The summed E-state index contributed by atoms with van der Waals surface area (Å²) in [4.78, 5) is 28.9. The van der Waals surface area contributed by atoms with E-state index in [1.165, 1.54) is 7.11 Å². The summed E-state index contributed by atoms with van der Waals surface area (Å²) in [5.74, 6) is 0.887. The van der Waals surface area contributed by atoms with Crippen molar-refractivity contribution in [1.29, 1.82) is 0 Å². The van der Waals surface area contributed by atoms with Crippen molar-refractivity contribution < 1.29 is 18.7 Å². The van der Waals surface area contributed by atoms with E-state index in [0.717, 1.165) is 12.8 Å². The zero-order valence-corrected chi connectivity index (χ0v) is 14.2. The van der Waals surface area contributed by atoms with Gasteiger partial charge in [0.1, 0.15) is 17.1 Å². The predicted molar refractivity (Wildman–Crippen MR) is 91.3 cm³/mol. The standard InChI is InChI=1S/C18H20N2O5/c1-11-10-13(12-6-8-24-9-7-12)25-18(22)16(11)17(21)20-14-4-3-5-15(19-14)23-2/h3-5,10,12H,6-9H2,1-2H3,(H,19,20,21). The molecule has 7 nitrogen and oxygen atoms in total. The van der Waals surface area contributed by atoms with E-state index in [-0.39, 0.29) is 11.5 Å². The molecular weight excluding hydrogens is 324 g/mol. The Morgan fingerprint density at radius 2 is 2.08 bits per heavy atom. The number of pyridine rings is 1. The molecule has 2 aromatic rings. The number of anilines is 1. The second-order valence-electron chi connectivity index (χ2n) is 5.90. The molecule has 3 heterocycles. The van der Waals surface area contributed by atoms with Gasteiger partial charge in [-0.1, -0.05) is 6.07 Å². The largest absolute Gasteiger partial charge is 0.481 e. The molecule has 0 unspecified atom stereocenters. The van der Waals surface area contributed by atoms with E-state index in [0.29, 0.717) is 36.2 Å². The fourth-order valence-electron chi connectivity index (χ4n) is 2.87. The number of aromatic nitrogens is 1. The summed E-state index contributed by atoms with van der Waals surface area (Å²) >= 11 is 0. The molecule has 0 atom stereocenters. The van der Waals surface area contributed by atoms with Crippen molar-refractivity contribution >= 4 is 11.7 Å². The van der Waals surface area contributed by atoms with E-state index in [9.17, 15) is 9.59 Å². The van der Waals surface area contributed by atoms with Gasteiger partial charge in [-0.05, 0) is 37.5 Å². The molecule has 7 heteroatoms. The molecule has 3 rings (SSSR count). The van der Waals surface area contributed by atoms with Crippen molar-refractivity contribution in [2.45, 2.75) is 25.7 Å². The maximum Gasteiger partial charge on any atom is 0.349 e. The first-order valence-corrected chi connectivity index (χ1v) is 8.13. The number of amides is 1. The van der Waals surface area contributed by atoms with Gasteiger partial charge in [0, 0.05) is 25.2 Å². The number of nitrogens with one attached hydrogen (secondary N) is 1. The normalized spacial score (nSPS) is 15.0. The highest BCUT2D eigenvalue weighted by Gasteiger charge is 2.23. The minimum atomic E-state index is -0.637. The monoisotopic (exact) mass is 344 g/mol. The summed E-state index contributed by atoms with van der Waals surface area (Å²) in [5.41, 5.74) is -0.0690. The van der Waals surface area contributed by atoms with Crippen LogP contribution in [0, 0.1) is 6.92 Å². The van der Waals surface area contributed by atoms with E-state index in [4.69, 9.17) is 13.9 Å². The van der Waals surface area contributed by atoms with Gasteiger partial charge in [0.15, 0.2) is 0 Å². The average molecular weight is 344 g/mol. The van der Waals surface area contributed by atoms with Crippen LogP contribution in [0.3, 0.4) is 0 Å².